The van der Waals surface area contributed by atoms with Gasteiger partial charge in [0.05, 0.1) is 21.8 Å². The molecule has 196 valence electrons. The number of aromatic carboxylic acids is 1. The molecule has 1 atom stereocenters. The van der Waals surface area contributed by atoms with Gasteiger partial charge in [-0.15, -0.1) is 0 Å². The summed E-state index contributed by atoms with van der Waals surface area (Å²) < 4.78 is 9.38. The first-order valence-electron chi connectivity index (χ1n) is 12.8. The molecule has 1 aliphatic carbocycles. The molecule has 2 aromatic heterocycles. The van der Waals surface area contributed by atoms with Crippen LogP contribution in [-0.2, 0) is 6.42 Å². The van der Waals surface area contributed by atoms with Gasteiger partial charge in [0.25, 0.3) is 5.56 Å². The van der Waals surface area contributed by atoms with Crippen molar-refractivity contribution in [2.75, 3.05) is 0 Å². The van der Waals surface area contributed by atoms with Gasteiger partial charge in [-0.05, 0) is 65.9 Å². The number of nitrogens with zero attached hydrogens (tertiary/aromatic N) is 2. The summed E-state index contributed by atoms with van der Waals surface area (Å²) in [5.41, 5.74) is 6.44. The van der Waals surface area contributed by atoms with Gasteiger partial charge < -0.3 is 9.52 Å². The van der Waals surface area contributed by atoms with Gasteiger partial charge in [-0.3, -0.25) is 9.36 Å². The van der Waals surface area contributed by atoms with Crippen LogP contribution in [0.15, 0.2) is 109 Å². The maximum atomic E-state index is 13.9. The molecule has 3 aromatic carbocycles. The molecular formula is C32H21BrN2O4S. The van der Waals surface area contributed by atoms with Crippen LogP contribution < -0.4 is 14.9 Å². The van der Waals surface area contributed by atoms with Gasteiger partial charge in [0.1, 0.15) is 11.5 Å². The molecule has 2 aliphatic rings. The molecule has 6 nitrogen and oxygen atoms in total. The van der Waals surface area contributed by atoms with Crippen LogP contribution in [0.2, 0.25) is 0 Å². The zero-order valence-corrected chi connectivity index (χ0v) is 23.4. The molecule has 0 radical (unpaired) electrons. The quantitative estimate of drug-likeness (QED) is 0.269. The van der Waals surface area contributed by atoms with Crippen molar-refractivity contribution in [3.05, 3.63) is 143 Å². The Labute approximate surface area is 241 Å². The van der Waals surface area contributed by atoms with Crippen LogP contribution >= 0.6 is 27.3 Å². The third kappa shape index (κ3) is 4.20. The first kappa shape index (κ1) is 24.7. The highest BCUT2D eigenvalue weighted by Crippen LogP contribution is 2.41. The molecule has 0 spiro atoms. The van der Waals surface area contributed by atoms with Crippen molar-refractivity contribution in [1.29, 1.82) is 0 Å². The van der Waals surface area contributed by atoms with E-state index in [-0.39, 0.29) is 17.2 Å². The molecule has 1 aliphatic heterocycles. The number of carboxylic acids is 1. The van der Waals surface area contributed by atoms with Crippen LogP contribution in [0.4, 0.5) is 0 Å². The van der Waals surface area contributed by atoms with Crippen LogP contribution in [0.5, 0.6) is 0 Å². The lowest BCUT2D eigenvalue weighted by atomic mass is 9.83. The number of thiazole rings is 1. The lowest BCUT2D eigenvalue weighted by Gasteiger charge is -2.30. The van der Waals surface area contributed by atoms with Crippen LogP contribution in [0.1, 0.15) is 45.3 Å². The largest absolute Gasteiger partial charge is 0.478 e. The predicted molar refractivity (Wildman–Crippen MR) is 158 cm³/mol. The molecule has 0 unspecified atom stereocenters. The molecule has 40 heavy (non-hydrogen) atoms. The maximum absolute atomic E-state index is 13.9. The number of hydrogen-bond donors (Lipinski definition) is 1. The van der Waals surface area contributed by atoms with Crippen molar-refractivity contribution >= 4 is 45.0 Å². The van der Waals surface area contributed by atoms with Gasteiger partial charge in [-0.25, -0.2) is 9.79 Å². The number of fused-ring (bicyclic) bond motifs is 3. The number of aromatic nitrogens is 1. The topological polar surface area (TPSA) is 84.8 Å². The van der Waals surface area contributed by atoms with Crippen molar-refractivity contribution in [2.24, 2.45) is 4.99 Å². The normalized spacial score (nSPS) is 16.2. The Morgan fingerprint density at radius 1 is 1.00 bits per heavy atom. The monoisotopic (exact) mass is 608 g/mol. The van der Waals surface area contributed by atoms with E-state index in [2.05, 4.69) is 46.3 Å². The minimum atomic E-state index is -0.978. The third-order valence-electron chi connectivity index (χ3n) is 7.38. The Balaban J connectivity index is 1.36. The summed E-state index contributed by atoms with van der Waals surface area (Å²) in [5.74, 6) is 0.154. The van der Waals surface area contributed by atoms with Crippen molar-refractivity contribution in [3.8, 4) is 11.3 Å². The second-order valence-electron chi connectivity index (χ2n) is 9.75. The molecule has 0 amide bonds. The van der Waals surface area contributed by atoms with Crippen molar-refractivity contribution in [3.63, 3.8) is 0 Å². The summed E-state index contributed by atoms with van der Waals surface area (Å²) in [4.78, 5) is 30.8. The number of hydrogen-bond acceptors (Lipinski definition) is 5. The zero-order valence-electron chi connectivity index (χ0n) is 21.0. The molecule has 1 N–H and O–H groups in total. The lowest BCUT2D eigenvalue weighted by molar-refractivity contribution is 0.0697. The average molecular weight is 610 g/mol. The summed E-state index contributed by atoms with van der Waals surface area (Å²) in [6, 6.07) is 26.4. The number of aryl methyl sites for hydroxylation is 1. The highest BCUT2D eigenvalue weighted by molar-refractivity contribution is 9.10. The third-order valence-corrected chi connectivity index (χ3v) is 8.89. The van der Waals surface area contributed by atoms with Crippen LogP contribution in [0.3, 0.4) is 0 Å². The Bertz CT molecular complexity index is 2010. The molecule has 0 bridgehead atoms. The summed E-state index contributed by atoms with van der Waals surface area (Å²) in [5, 5.41) is 9.16. The van der Waals surface area contributed by atoms with Crippen molar-refractivity contribution in [1.82, 2.24) is 4.57 Å². The van der Waals surface area contributed by atoms with E-state index in [0.717, 1.165) is 45.3 Å². The molecule has 0 saturated carbocycles. The highest BCUT2D eigenvalue weighted by Gasteiger charge is 2.32. The van der Waals surface area contributed by atoms with Gasteiger partial charge in [-0.1, -0.05) is 75.8 Å². The summed E-state index contributed by atoms with van der Waals surface area (Å²) in [6.45, 7) is 0. The fourth-order valence-corrected chi connectivity index (χ4v) is 6.70. The second-order valence-corrected chi connectivity index (χ2v) is 11.7. The average Bonchev–Trinajstić information content (AvgIpc) is 3.57. The lowest BCUT2D eigenvalue weighted by Crippen LogP contribution is -2.38. The van der Waals surface area contributed by atoms with E-state index in [0.29, 0.717) is 20.9 Å². The van der Waals surface area contributed by atoms with Crippen molar-refractivity contribution < 1.29 is 14.3 Å². The summed E-state index contributed by atoms with van der Waals surface area (Å²) in [7, 11) is 0. The van der Waals surface area contributed by atoms with E-state index in [1.165, 1.54) is 16.9 Å². The Kier molecular flexibility index (Phi) is 6.02. The van der Waals surface area contributed by atoms with Gasteiger partial charge in [0.2, 0.25) is 0 Å². The van der Waals surface area contributed by atoms with Crippen molar-refractivity contribution in [2.45, 2.75) is 18.9 Å². The molecule has 3 heterocycles. The number of benzene rings is 3. The Hall–Kier alpha value is -4.27. The van der Waals surface area contributed by atoms with Crippen LogP contribution in [0, 0.1) is 0 Å². The fraction of sp³-hybridized carbons (Fsp3) is 0.0938. The minimum absolute atomic E-state index is 0.106. The molecule has 7 rings (SSSR count). The Morgan fingerprint density at radius 2 is 1.77 bits per heavy atom. The minimum Gasteiger partial charge on any atom is -0.478 e. The second kappa shape index (κ2) is 9.73. The molecule has 0 fully saturated rings. The number of carbonyl (C=O) groups is 1. The number of halogens is 1. The standard InChI is InChI=1S/C32H21BrN2O4S/c33-22-12-9-20(10-13-22)29-25-15-11-18-3-1-2-4-24(18)28(25)34-32-35(29)30(36)27(40-32)17-23-14-16-26(39-23)19-5-7-21(8-6-19)31(37)38/h1-10,12-14,16-17,29H,11,15H2,(H,37,38)/b27-17-/t29-/m1/s1. The number of allylic oxidation sites excluding steroid dienone is 1. The van der Waals surface area contributed by atoms with Gasteiger partial charge >= 0.3 is 5.97 Å². The van der Waals surface area contributed by atoms with Gasteiger partial charge in [0.15, 0.2) is 4.80 Å². The maximum Gasteiger partial charge on any atom is 0.335 e. The first-order chi connectivity index (χ1) is 19.5. The molecular weight excluding hydrogens is 588 g/mol. The Morgan fingerprint density at radius 3 is 2.55 bits per heavy atom. The molecule has 0 saturated heterocycles. The van der Waals surface area contributed by atoms with Gasteiger partial charge in [0, 0.05) is 21.7 Å². The number of carboxylic acid groups (broad SMARTS) is 1. The van der Waals surface area contributed by atoms with Crippen LogP contribution in [0.25, 0.3) is 23.1 Å². The molecule has 5 aromatic rings. The van der Waals surface area contributed by atoms with Crippen LogP contribution in [-0.4, -0.2) is 15.6 Å². The van der Waals surface area contributed by atoms with E-state index in [4.69, 9.17) is 14.5 Å². The van der Waals surface area contributed by atoms with E-state index in [1.54, 1.807) is 30.3 Å². The first-order valence-corrected chi connectivity index (χ1v) is 14.4. The van der Waals surface area contributed by atoms with E-state index in [9.17, 15) is 9.59 Å². The van der Waals surface area contributed by atoms with E-state index < -0.39 is 5.97 Å². The fourth-order valence-electron chi connectivity index (χ4n) is 5.46. The predicted octanol–water partition coefficient (Wildman–Crippen LogP) is 6.04. The number of rotatable bonds is 4. The SMILES string of the molecule is O=C(O)c1ccc(-c2ccc(/C=c3\sc4n(c3=O)[C@H](c3ccc(Br)cc3)C3=C(N=4)c4ccccc4CC3)o2)cc1. The number of furan rings is 1. The summed E-state index contributed by atoms with van der Waals surface area (Å²) >= 11 is 4.90. The molecule has 8 heteroatoms. The van der Waals surface area contributed by atoms with E-state index >= 15 is 0 Å². The zero-order chi connectivity index (χ0) is 27.4. The van der Waals surface area contributed by atoms with Gasteiger partial charge in [-0.2, -0.15) is 0 Å². The smallest absolute Gasteiger partial charge is 0.335 e. The van der Waals surface area contributed by atoms with E-state index in [1.807, 2.05) is 34.9 Å². The summed E-state index contributed by atoms with van der Waals surface area (Å²) in [6.07, 6.45) is 3.50. The highest BCUT2D eigenvalue weighted by atomic mass is 79.9.